The Labute approximate surface area is 88.7 Å². The second-order valence-corrected chi connectivity index (χ2v) is 4.97. The minimum atomic E-state index is -1.89. The number of esters is 1. The lowest BCUT2D eigenvalue weighted by atomic mass is 10.0. The normalized spacial score (nSPS) is 28.7. The molecule has 0 radical (unpaired) electrons. The van der Waals surface area contributed by atoms with Crippen molar-refractivity contribution in [2.75, 3.05) is 0 Å². The monoisotopic (exact) mass is 246 g/mol. The van der Waals surface area contributed by atoms with E-state index >= 15 is 0 Å². The molecule has 4 nitrogen and oxygen atoms in total. The SMILES string of the molecule is O=C1C[C@H](C(=O)O)[C@H](C(Cl)(Cl)Cl)O1. The number of alkyl halides is 3. The van der Waals surface area contributed by atoms with Gasteiger partial charge in [0.25, 0.3) is 0 Å². The minimum absolute atomic E-state index is 0.256. The van der Waals surface area contributed by atoms with Crippen LogP contribution >= 0.6 is 34.8 Å². The van der Waals surface area contributed by atoms with Crippen LogP contribution in [-0.4, -0.2) is 26.9 Å². The lowest BCUT2D eigenvalue weighted by Crippen LogP contribution is -2.35. The van der Waals surface area contributed by atoms with E-state index in [2.05, 4.69) is 4.74 Å². The van der Waals surface area contributed by atoms with Crippen LogP contribution in [0, 0.1) is 5.92 Å². The molecule has 1 rings (SSSR count). The second kappa shape index (κ2) is 3.52. The highest BCUT2D eigenvalue weighted by Crippen LogP contribution is 2.40. The van der Waals surface area contributed by atoms with Crippen LogP contribution in [0.25, 0.3) is 0 Å². The molecule has 1 saturated heterocycles. The molecule has 0 bridgehead atoms. The zero-order chi connectivity index (χ0) is 10.2. The van der Waals surface area contributed by atoms with Gasteiger partial charge in [-0.3, -0.25) is 9.59 Å². The molecule has 1 N–H and O–H groups in total. The molecule has 0 amide bonds. The van der Waals surface area contributed by atoms with E-state index in [1.54, 1.807) is 0 Å². The Bertz CT molecular complexity index is 247. The highest BCUT2D eigenvalue weighted by molar-refractivity contribution is 6.68. The Kier molecular flexibility index (Phi) is 2.95. The lowest BCUT2D eigenvalue weighted by molar-refractivity contribution is -0.144. The van der Waals surface area contributed by atoms with E-state index < -0.39 is 27.8 Å². The molecular weight excluding hydrogens is 242 g/mol. The van der Waals surface area contributed by atoms with Crippen molar-refractivity contribution in [1.29, 1.82) is 0 Å². The van der Waals surface area contributed by atoms with E-state index in [1.807, 2.05) is 0 Å². The van der Waals surface area contributed by atoms with Gasteiger partial charge in [-0.2, -0.15) is 0 Å². The summed E-state index contributed by atoms with van der Waals surface area (Å²) in [4.78, 5) is 21.3. The quantitative estimate of drug-likeness (QED) is 0.561. The van der Waals surface area contributed by atoms with Gasteiger partial charge in [0.05, 0.1) is 6.42 Å². The van der Waals surface area contributed by atoms with E-state index in [-0.39, 0.29) is 6.42 Å². The van der Waals surface area contributed by atoms with Crippen molar-refractivity contribution in [2.45, 2.75) is 16.3 Å². The van der Waals surface area contributed by atoms with Gasteiger partial charge in [-0.15, -0.1) is 0 Å². The summed E-state index contributed by atoms with van der Waals surface area (Å²) in [6.45, 7) is 0. The average Bonchev–Trinajstić information content (AvgIpc) is 2.29. The molecule has 1 fully saturated rings. The van der Waals surface area contributed by atoms with Crippen LogP contribution in [0.15, 0.2) is 0 Å². The summed E-state index contributed by atoms with van der Waals surface area (Å²) in [5.41, 5.74) is 0. The van der Waals surface area contributed by atoms with Crippen molar-refractivity contribution in [3.63, 3.8) is 0 Å². The highest BCUT2D eigenvalue weighted by atomic mass is 35.6. The van der Waals surface area contributed by atoms with E-state index in [4.69, 9.17) is 39.9 Å². The fourth-order valence-electron chi connectivity index (χ4n) is 1.07. The first-order valence-corrected chi connectivity index (χ1v) is 4.45. The van der Waals surface area contributed by atoms with Crippen molar-refractivity contribution in [2.24, 2.45) is 5.92 Å². The van der Waals surface area contributed by atoms with Crippen LogP contribution in [-0.2, 0) is 14.3 Å². The van der Waals surface area contributed by atoms with Crippen LogP contribution in [0.1, 0.15) is 6.42 Å². The molecule has 1 heterocycles. The van der Waals surface area contributed by atoms with Crippen LogP contribution in [0.2, 0.25) is 0 Å². The van der Waals surface area contributed by atoms with Crippen molar-refractivity contribution >= 4 is 46.7 Å². The third-order valence-corrected chi connectivity index (χ3v) is 2.30. The van der Waals surface area contributed by atoms with Crippen LogP contribution in [0.3, 0.4) is 0 Å². The number of carbonyl (C=O) groups excluding carboxylic acids is 1. The maximum atomic E-state index is 10.8. The number of ether oxygens (including phenoxy) is 1. The Morgan fingerprint density at radius 3 is 2.38 bits per heavy atom. The maximum Gasteiger partial charge on any atom is 0.311 e. The molecule has 0 saturated carbocycles. The van der Waals surface area contributed by atoms with E-state index in [1.165, 1.54) is 0 Å². The summed E-state index contributed by atoms with van der Waals surface area (Å²) in [5, 5.41) is 8.66. The fraction of sp³-hybridized carbons (Fsp3) is 0.667. The van der Waals surface area contributed by atoms with Gasteiger partial charge in [-0.1, -0.05) is 34.8 Å². The maximum absolute atomic E-state index is 10.8. The van der Waals surface area contributed by atoms with Gasteiger partial charge >= 0.3 is 11.9 Å². The molecule has 0 aromatic heterocycles. The number of carbonyl (C=O) groups is 2. The molecule has 1 aliphatic heterocycles. The van der Waals surface area contributed by atoms with E-state index in [9.17, 15) is 9.59 Å². The molecule has 74 valence electrons. The van der Waals surface area contributed by atoms with E-state index in [0.717, 1.165) is 0 Å². The number of hydrogen-bond acceptors (Lipinski definition) is 3. The third-order valence-electron chi connectivity index (χ3n) is 1.65. The first-order chi connectivity index (χ1) is 5.82. The van der Waals surface area contributed by atoms with Crippen molar-refractivity contribution < 1.29 is 19.4 Å². The molecule has 1 aliphatic rings. The second-order valence-electron chi connectivity index (χ2n) is 2.60. The number of aliphatic carboxylic acids is 1. The Balaban J connectivity index is 2.84. The molecule has 0 spiro atoms. The number of halogens is 3. The van der Waals surface area contributed by atoms with Crippen LogP contribution in [0.4, 0.5) is 0 Å². The molecule has 13 heavy (non-hydrogen) atoms. The Morgan fingerprint density at radius 2 is 2.08 bits per heavy atom. The number of carboxylic acids is 1. The first-order valence-electron chi connectivity index (χ1n) is 3.31. The third kappa shape index (κ3) is 2.39. The van der Waals surface area contributed by atoms with Crippen LogP contribution < -0.4 is 0 Å². The average molecular weight is 247 g/mol. The molecular formula is C6H5Cl3O4. The zero-order valence-electron chi connectivity index (χ0n) is 6.17. The van der Waals surface area contributed by atoms with Gasteiger partial charge in [0, 0.05) is 0 Å². The fourth-order valence-corrected chi connectivity index (χ4v) is 1.66. The number of carboxylic acid groups (broad SMARTS) is 1. The predicted molar refractivity (Wildman–Crippen MR) is 45.9 cm³/mol. The Hall–Kier alpha value is -0.190. The predicted octanol–water partition coefficient (Wildman–Crippen LogP) is 1.37. The van der Waals surface area contributed by atoms with Gasteiger partial charge in [0.15, 0.2) is 6.10 Å². The lowest BCUT2D eigenvalue weighted by Gasteiger charge is -2.21. The van der Waals surface area contributed by atoms with Crippen molar-refractivity contribution in [3.8, 4) is 0 Å². The van der Waals surface area contributed by atoms with Crippen molar-refractivity contribution in [1.82, 2.24) is 0 Å². The van der Waals surface area contributed by atoms with Crippen molar-refractivity contribution in [3.05, 3.63) is 0 Å². The molecule has 7 heteroatoms. The van der Waals surface area contributed by atoms with Gasteiger partial charge in [-0.25, -0.2) is 0 Å². The molecule has 0 aliphatic carbocycles. The first kappa shape index (κ1) is 10.9. The van der Waals surface area contributed by atoms with E-state index in [0.29, 0.717) is 0 Å². The Morgan fingerprint density at radius 1 is 1.54 bits per heavy atom. The van der Waals surface area contributed by atoms with Gasteiger partial charge in [0.1, 0.15) is 5.92 Å². The van der Waals surface area contributed by atoms with Crippen LogP contribution in [0.5, 0.6) is 0 Å². The summed E-state index contributed by atoms with van der Waals surface area (Å²) in [7, 11) is 0. The summed E-state index contributed by atoms with van der Waals surface area (Å²) in [6.07, 6.45) is -1.46. The molecule has 0 aromatic rings. The summed E-state index contributed by atoms with van der Waals surface area (Å²) >= 11 is 16.3. The van der Waals surface area contributed by atoms with Gasteiger partial charge in [-0.05, 0) is 0 Å². The zero-order valence-corrected chi connectivity index (χ0v) is 8.44. The standard InChI is InChI=1S/C6H5Cl3O4/c7-6(8,9)4-2(5(11)12)1-3(10)13-4/h2,4H,1H2,(H,11,12)/t2-,4+/m0/s1. The molecule has 0 unspecified atom stereocenters. The van der Waals surface area contributed by atoms with Gasteiger partial charge in [0.2, 0.25) is 3.79 Å². The summed E-state index contributed by atoms with van der Waals surface area (Å²) in [5.74, 6) is -2.95. The smallest absolute Gasteiger partial charge is 0.311 e. The number of cyclic esters (lactones) is 1. The summed E-state index contributed by atoms with van der Waals surface area (Å²) < 4.78 is 2.69. The highest BCUT2D eigenvalue weighted by Gasteiger charge is 2.50. The number of rotatable bonds is 1. The topological polar surface area (TPSA) is 63.6 Å². The largest absolute Gasteiger partial charge is 0.481 e. The number of hydrogen-bond donors (Lipinski definition) is 1. The minimum Gasteiger partial charge on any atom is -0.481 e. The molecule has 0 aromatic carbocycles. The summed E-state index contributed by atoms with van der Waals surface area (Å²) in [6, 6.07) is 0. The van der Waals surface area contributed by atoms with Gasteiger partial charge < -0.3 is 9.84 Å². The molecule has 2 atom stereocenters.